The van der Waals surface area contributed by atoms with Crippen LogP contribution in [0.15, 0.2) is 35.5 Å². The third kappa shape index (κ3) is 2.59. The van der Waals surface area contributed by atoms with E-state index in [-0.39, 0.29) is 5.03 Å². The summed E-state index contributed by atoms with van der Waals surface area (Å²) >= 11 is 0. The molecule has 0 amide bonds. The smallest absolute Gasteiger partial charge is 0.192 e. The Morgan fingerprint density at radius 1 is 1.30 bits per heavy atom. The summed E-state index contributed by atoms with van der Waals surface area (Å²) < 4.78 is 22.7. The Labute approximate surface area is 120 Å². The molecule has 0 aromatic carbocycles. The highest BCUT2D eigenvalue weighted by atomic mass is 32.2. The summed E-state index contributed by atoms with van der Waals surface area (Å²) in [6.45, 7) is 2.20. The summed E-state index contributed by atoms with van der Waals surface area (Å²) in [6.07, 6.45) is 10.0. The number of aromatic nitrogens is 1. The van der Waals surface area contributed by atoms with Crippen LogP contribution in [0.3, 0.4) is 0 Å². The molecule has 0 radical (unpaired) electrons. The zero-order valence-electron chi connectivity index (χ0n) is 11.8. The number of pyridine rings is 1. The lowest BCUT2D eigenvalue weighted by molar-refractivity contribution is 0.400. The molecule has 3 rings (SSSR count). The zero-order valence-corrected chi connectivity index (χ0v) is 12.6. The maximum atomic E-state index is 11.4. The lowest BCUT2D eigenvalue weighted by Gasteiger charge is -2.27. The first kappa shape index (κ1) is 13.6. The molecule has 5 heteroatoms. The second-order valence-electron chi connectivity index (χ2n) is 6.03. The predicted octanol–water partition coefficient (Wildman–Crippen LogP) is 2.50. The maximum absolute atomic E-state index is 11.4. The van der Waals surface area contributed by atoms with Gasteiger partial charge in [-0.25, -0.2) is 13.4 Å². The number of anilines is 1. The van der Waals surface area contributed by atoms with Gasteiger partial charge in [-0.3, -0.25) is 0 Å². The monoisotopic (exact) mass is 292 g/mol. The molecule has 1 fully saturated rings. The number of hydrogen-bond acceptors (Lipinski definition) is 4. The van der Waals surface area contributed by atoms with Gasteiger partial charge >= 0.3 is 0 Å². The van der Waals surface area contributed by atoms with Gasteiger partial charge in [0.15, 0.2) is 14.9 Å². The van der Waals surface area contributed by atoms with Gasteiger partial charge in [0.25, 0.3) is 0 Å². The van der Waals surface area contributed by atoms with E-state index in [0.29, 0.717) is 17.9 Å². The third-order valence-electron chi connectivity index (χ3n) is 4.48. The molecule has 1 N–H and O–H groups in total. The average Bonchev–Trinajstić information content (AvgIpc) is 3.00. The summed E-state index contributed by atoms with van der Waals surface area (Å²) in [4.78, 5) is 4.01. The maximum Gasteiger partial charge on any atom is 0.192 e. The number of nitrogens with zero attached hydrogens (tertiary/aromatic N) is 1. The van der Waals surface area contributed by atoms with Gasteiger partial charge in [0, 0.05) is 12.3 Å². The van der Waals surface area contributed by atoms with Gasteiger partial charge in [-0.15, -0.1) is 0 Å². The number of rotatable bonds is 4. The standard InChI is InChI=1S/C15H20N2O2S/c1-10(14-8-11-3-4-12(14)7-11)17-13-5-6-15(16-9-13)20(2,18)19/h3-6,9-12,14,17H,7-8H2,1-2H3. The van der Waals surface area contributed by atoms with Crippen molar-refractivity contribution < 1.29 is 8.42 Å². The fraction of sp³-hybridized carbons (Fsp3) is 0.533. The van der Waals surface area contributed by atoms with Gasteiger partial charge in [-0.2, -0.15) is 0 Å². The molecule has 4 nitrogen and oxygen atoms in total. The van der Waals surface area contributed by atoms with E-state index in [2.05, 4.69) is 29.4 Å². The van der Waals surface area contributed by atoms with Crippen LogP contribution in [0.5, 0.6) is 0 Å². The highest BCUT2D eigenvalue weighted by Crippen LogP contribution is 2.45. The molecule has 4 atom stereocenters. The summed E-state index contributed by atoms with van der Waals surface area (Å²) in [6, 6.07) is 3.73. The Morgan fingerprint density at radius 3 is 2.60 bits per heavy atom. The van der Waals surface area contributed by atoms with Crippen molar-refractivity contribution in [3.05, 3.63) is 30.5 Å². The van der Waals surface area contributed by atoms with Crippen LogP contribution >= 0.6 is 0 Å². The second-order valence-corrected chi connectivity index (χ2v) is 8.00. The lowest BCUT2D eigenvalue weighted by atomic mass is 9.87. The predicted molar refractivity (Wildman–Crippen MR) is 79.3 cm³/mol. The number of allylic oxidation sites excluding steroid dienone is 2. The van der Waals surface area contributed by atoms with Crippen LogP contribution in [0.25, 0.3) is 0 Å². The van der Waals surface area contributed by atoms with Crippen LogP contribution in [0.4, 0.5) is 5.69 Å². The molecule has 2 aliphatic rings. The molecule has 0 aliphatic heterocycles. The Bertz CT molecular complexity index is 622. The van der Waals surface area contributed by atoms with Crippen molar-refractivity contribution in [3.8, 4) is 0 Å². The molecule has 0 saturated heterocycles. The Hall–Kier alpha value is -1.36. The number of nitrogens with one attached hydrogen (secondary N) is 1. The van der Waals surface area contributed by atoms with E-state index < -0.39 is 9.84 Å². The zero-order chi connectivity index (χ0) is 14.3. The van der Waals surface area contributed by atoms with E-state index in [4.69, 9.17) is 0 Å². The number of fused-ring (bicyclic) bond motifs is 2. The SMILES string of the molecule is CC(Nc1ccc(S(C)(=O)=O)nc1)C1CC2C=CC1C2. The van der Waals surface area contributed by atoms with E-state index in [9.17, 15) is 8.42 Å². The van der Waals surface area contributed by atoms with Gasteiger partial charge in [-0.1, -0.05) is 12.2 Å². The van der Waals surface area contributed by atoms with Crippen LogP contribution in [0.1, 0.15) is 19.8 Å². The van der Waals surface area contributed by atoms with Gasteiger partial charge in [0.2, 0.25) is 0 Å². The Kier molecular flexibility index (Phi) is 3.32. The van der Waals surface area contributed by atoms with Crippen molar-refractivity contribution in [2.75, 3.05) is 11.6 Å². The first-order valence-corrected chi connectivity index (χ1v) is 8.93. The van der Waals surface area contributed by atoms with Crippen LogP contribution in [-0.2, 0) is 9.84 Å². The van der Waals surface area contributed by atoms with E-state index in [1.165, 1.54) is 19.1 Å². The number of hydrogen-bond donors (Lipinski definition) is 1. The van der Waals surface area contributed by atoms with Crippen molar-refractivity contribution in [1.29, 1.82) is 0 Å². The fourth-order valence-electron chi connectivity index (χ4n) is 3.45. The summed E-state index contributed by atoms with van der Waals surface area (Å²) in [5.74, 6) is 2.13. The normalized spacial score (nSPS) is 29.6. The molecular weight excluding hydrogens is 272 g/mol. The Morgan fingerprint density at radius 2 is 2.10 bits per heavy atom. The first-order chi connectivity index (χ1) is 9.43. The molecule has 1 saturated carbocycles. The lowest BCUT2D eigenvalue weighted by Crippen LogP contribution is -2.28. The number of sulfone groups is 1. The molecule has 2 aliphatic carbocycles. The summed E-state index contributed by atoms with van der Waals surface area (Å²) in [5.41, 5.74) is 0.886. The van der Waals surface area contributed by atoms with Crippen LogP contribution in [-0.4, -0.2) is 25.7 Å². The van der Waals surface area contributed by atoms with Crippen molar-refractivity contribution in [3.63, 3.8) is 0 Å². The second kappa shape index (κ2) is 4.88. The Balaban J connectivity index is 1.67. The highest BCUT2D eigenvalue weighted by molar-refractivity contribution is 7.90. The van der Waals surface area contributed by atoms with Gasteiger partial charge in [0.05, 0.1) is 11.9 Å². The molecule has 1 aromatic heterocycles. The van der Waals surface area contributed by atoms with Crippen LogP contribution in [0, 0.1) is 17.8 Å². The van der Waals surface area contributed by atoms with Gasteiger partial charge < -0.3 is 5.32 Å². The topological polar surface area (TPSA) is 59.1 Å². The summed E-state index contributed by atoms with van der Waals surface area (Å²) in [5, 5.41) is 3.58. The van der Waals surface area contributed by atoms with Gasteiger partial charge in [-0.05, 0) is 49.7 Å². The van der Waals surface area contributed by atoms with E-state index in [0.717, 1.165) is 11.6 Å². The quantitative estimate of drug-likeness (QED) is 0.866. The minimum absolute atomic E-state index is 0.124. The molecule has 0 spiro atoms. The molecule has 108 valence electrons. The molecule has 2 bridgehead atoms. The average molecular weight is 292 g/mol. The molecular formula is C15H20N2O2S. The van der Waals surface area contributed by atoms with E-state index >= 15 is 0 Å². The molecule has 4 unspecified atom stereocenters. The third-order valence-corrected chi connectivity index (χ3v) is 5.48. The van der Waals surface area contributed by atoms with Crippen molar-refractivity contribution in [1.82, 2.24) is 4.98 Å². The van der Waals surface area contributed by atoms with E-state index in [1.807, 2.05) is 0 Å². The van der Waals surface area contributed by atoms with Gasteiger partial charge in [0.1, 0.15) is 0 Å². The largest absolute Gasteiger partial charge is 0.381 e. The minimum atomic E-state index is -3.22. The molecule has 1 heterocycles. The molecule has 1 aromatic rings. The minimum Gasteiger partial charge on any atom is -0.381 e. The highest BCUT2D eigenvalue weighted by Gasteiger charge is 2.38. The van der Waals surface area contributed by atoms with Crippen LogP contribution < -0.4 is 5.32 Å². The first-order valence-electron chi connectivity index (χ1n) is 7.04. The molecule has 20 heavy (non-hydrogen) atoms. The van der Waals surface area contributed by atoms with Crippen molar-refractivity contribution in [2.45, 2.75) is 30.8 Å². The van der Waals surface area contributed by atoms with E-state index in [1.54, 1.807) is 18.3 Å². The van der Waals surface area contributed by atoms with Crippen LogP contribution in [0.2, 0.25) is 0 Å². The fourth-order valence-corrected chi connectivity index (χ4v) is 4.01. The summed E-state index contributed by atoms with van der Waals surface area (Å²) in [7, 11) is -3.22. The van der Waals surface area contributed by atoms with Crippen molar-refractivity contribution >= 4 is 15.5 Å². The van der Waals surface area contributed by atoms with Crippen molar-refractivity contribution in [2.24, 2.45) is 17.8 Å².